The van der Waals surface area contributed by atoms with Crippen LogP contribution in [-0.4, -0.2) is 57.2 Å². The zero-order chi connectivity index (χ0) is 13.6. The summed E-state index contributed by atoms with van der Waals surface area (Å²) in [4.78, 5) is 11.3. The Hall–Kier alpha value is -0.660. The molecule has 1 unspecified atom stereocenters. The van der Waals surface area contributed by atoms with Crippen molar-refractivity contribution in [1.29, 1.82) is 0 Å². The van der Waals surface area contributed by atoms with Gasteiger partial charge < -0.3 is 10.1 Å². The molecule has 1 aliphatic heterocycles. The van der Waals surface area contributed by atoms with Gasteiger partial charge in [0.05, 0.1) is 6.61 Å². The molecular formula is C11H22N2O4S. The second kappa shape index (κ2) is 7.06. The molecule has 18 heavy (non-hydrogen) atoms. The van der Waals surface area contributed by atoms with Gasteiger partial charge in [0.25, 0.3) is 0 Å². The van der Waals surface area contributed by atoms with Crippen molar-refractivity contribution in [2.75, 3.05) is 32.5 Å². The minimum atomic E-state index is -3.57. The third kappa shape index (κ3) is 4.55. The van der Waals surface area contributed by atoms with Gasteiger partial charge in [0, 0.05) is 13.1 Å². The largest absolute Gasteiger partial charge is 0.465 e. The first-order valence-electron chi connectivity index (χ1n) is 6.29. The van der Waals surface area contributed by atoms with Gasteiger partial charge in [0.2, 0.25) is 10.0 Å². The Balaban J connectivity index is 2.62. The van der Waals surface area contributed by atoms with Gasteiger partial charge in [0.1, 0.15) is 0 Å². The van der Waals surface area contributed by atoms with Gasteiger partial charge in [-0.2, -0.15) is 0 Å². The van der Waals surface area contributed by atoms with Crippen molar-refractivity contribution < 1.29 is 17.9 Å². The van der Waals surface area contributed by atoms with Crippen LogP contribution in [0.1, 0.15) is 26.2 Å². The summed E-state index contributed by atoms with van der Waals surface area (Å²) < 4.78 is 30.1. The number of carbonyl (C=O) groups is 1. The fourth-order valence-corrected chi connectivity index (χ4v) is 3.29. The molecule has 1 fully saturated rings. The zero-order valence-electron chi connectivity index (χ0n) is 11.0. The summed E-state index contributed by atoms with van der Waals surface area (Å²) in [5.74, 6) is -1.25. The second-order valence-corrected chi connectivity index (χ2v) is 6.44. The number of nitrogens with one attached hydrogen (secondary N) is 1. The van der Waals surface area contributed by atoms with Gasteiger partial charge in [-0.25, -0.2) is 12.7 Å². The van der Waals surface area contributed by atoms with E-state index in [4.69, 9.17) is 0 Å². The first kappa shape index (κ1) is 15.4. The van der Waals surface area contributed by atoms with Crippen molar-refractivity contribution in [3.8, 4) is 0 Å². The van der Waals surface area contributed by atoms with Gasteiger partial charge in [-0.15, -0.1) is 0 Å². The Morgan fingerprint density at radius 1 is 1.39 bits per heavy atom. The summed E-state index contributed by atoms with van der Waals surface area (Å²) in [5, 5.41) is 3.23. The molecule has 0 spiro atoms. The minimum Gasteiger partial charge on any atom is -0.465 e. The topological polar surface area (TPSA) is 75.7 Å². The van der Waals surface area contributed by atoms with E-state index in [0.29, 0.717) is 0 Å². The fourth-order valence-electron chi connectivity index (χ4n) is 2.04. The SMILES string of the molecule is CCOC(=O)CS(=O)(=O)N(C)C1CCCNCC1. The molecule has 0 saturated carbocycles. The molecule has 0 bridgehead atoms. The lowest BCUT2D eigenvalue weighted by Gasteiger charge is -2.25. The van der Waals surface area contributed by atoms with Crippen LogP contribution in [0.5, 0.6) is 0 Å². The lowest BCUT2D eigenvalue weighted by Crippen LogP contribution is -2.40. The maximum absolute atomic E-state index is 12.0. The standard InChI is InChI=1S/C11H22N2O4S/c1-3-17-11(14)9-18(15,16)13(2)10-5-4-7-12-8-6-10/h10,12H,3-9H2,1-2H3. The molecule has 0 aliphatic carbocycles. The van der Waals surface area contributed by atoms with Gasteiger partial charge >= 0.3 is 5.97 Å². The molecule has 0 aromatic rings. The van der Waals surface area contributed by atoms with Crippen molar-refractivity contribution in [3.05, 3.63) is 0 Å². The van der Waals surface area contributed by atoms with Gasteiger partial charge in [-0.05, 0) is 39.3 Å². The quantitative estimate of drug-likeness (QED) is 0.714. The van der Waals surface area contributed by atoms with Crippen LogP contribution in [0.15, 0.2) is 0 Å². The van der Waals surface area contributed by atoms with E-state index < -0.39 is 21.7 Å². The molecule has 0 amide bonds. The number of nitrogens with zero attached hydrogens (tertiary/aromatic N) is 1. The van der Waals surface area contributed by atoms with Gasteiger partial charge in [-0.1, -0.05) is 0 Å². The molecule has 1 N–H and O–H groups in total. The fraction of sp³-hybridized carbons (Fsp3) is 0.909. The molecule has 1 aliphatic rings. The summed E-state index contributed by atoms with van der Waals surface area (Å²) in [6.45, 7) is 3.59. The van der Waals surface area contributed by atoms with Crippen molar-refractivity contribution in [3.63, 3.8) is 0 Å². The Kier molecular flexibility index (Phi) is 6.04. The number of hydrogen-bond donors (Lipinski definition) is 1. The summed E-state index contributed by atoms with van der Waals surface area (Å²) in [5.41, 5.74) is 0. The van der Waals surface area contributed by atoms with E-state index in [1.54, 1.807) is 14.0 Å². The van der Waals surface area contributed by atoms with Crippen LogP contribution in [0.4, 0.5) is 0 Å². The monoisotopic (exact) mass is 278 g/mol. The van der Waals surface area contributed by atoms with E-state index in [0.717, 1.165) is 32.4 Å². The molecule has 0 radical (unpaired) electrons. The van der Waals surface area contributed by atoms with Crippen LogP contribution < -0.4 is 5.32 Å². The number of hydrogen-bond acceptors (Lipinski definition) is 5. The van der Waals surface area contributed by atoms with E-state index in [2.05, 4.69) is 10.1 Å². The van der Waals surface area contributed by atoms with E-state index in [9.17, 15) is 13.2 Å². The van der Waals surface area contributed by atoms with Crippen LogP contribution >= 0.6 is 0 Å². The predicted octanol–water partition coefficient (Wildman–Crippen LogP) is -0.0468. The van der Waals surface area contributed by atoms with Crippen LogP contribution in [0.25, 0.3) is 0 Å². The normalized spacial score (nSPS) is 21.6. The summed E-state index contributed by atoms with van der Waals surface area (Å²) >= 11 is 0. The zero-order valence-corrected chi connectivity index (χ0v) is 11.8. The minimum absolute atomic E-state index is 0.0283. The van der Waals surface area contributed by atoms with E-state index in [1.807, 2.05) is 0 Å². The highest BCUT2D eigenvalue weighted by Crippen LogP contribution is 2.15. The number of rotatable bonds is 5. The predicted molar refractivity (Wildman–Crippen MR) is 68.7 cm³/mol. The first-order valence-corrected chi connectivity index (χ1v) is 7.90. The summed E-state index contributed by atoms with van der Waals surface area (Å²) in [6.07, 6.45) is 2.55. The van der Waals surface area contributed by atoms with Crippen molar-refractivity contribution in [2.24, 2.45) is 0 Å². The molecule has 0 aromatic heterocycles. The van der Waals surface area contributed by atoms with Crippen LogP contribution in [-0.2, 0) is 19.6 Å². The highest BCUT2D eigenvalue weighted by molar-refractivity contribution is 7.89. The van der Waals surface area contributed by atoms with E-state index >= 15 is 0 Å². The van der Waals surface area contributed by atoms with Crippen molar-refractivity contribution in [2.45, 2.75) is 32.2 Å². The average molecular weight is 278 g/mol. The van der Waals surface area contributed by atoms with Gasteiger partial charge in [-0.3, -0.25) is 4.79 Å². The Labute approximate surface area is 109 Å². The van der Waals surface area contributed by atoms with Crippen LogP contribution in [0.3, 0.4) is 0 Å². The first-order chi connectivity index (χ1) is 8.47. The lowest BCUT2D eigenvalue weighted by molar-refractivity contribution is -0.140. The molecule has 1 rings (SSSR count). The Morgan fingerprint density at radius 2 is 2.11 bits per heavy atom. The Morgan fingerprint density at radius 3 is 2.78 bits per heavy atom. The van der Waals surface area contributed by atoms with Crippen LogP contribution in [0, 0.1) is 0 Å². The highest BCUT2D eigenvalue weighted by Gasteiger charge is 2.29. The average Bonchev–Trinajstić information content (AvgIpc) is 2.55. The number of esters is 1. The highest BCUT2D eigenvalue weighted by atomic mass is 32.2. The molecule has 1 saturated heterocycles. The van der Waals surface area contributed by atoms with Crippen molar-refractivity contribution in [1.82, 2.24) is 9.62 Å². The maximum Gasteiger partial charge on any atom is 0.322 e. The molecule has 106 valence electrons. The second-order valence-electron chi connectivity index (χ2n) is 4.41. The van der Waals surface area contributed by atoms with E-state index in [-0.39, 0.29) is 12.6 Å². The Bertz CT molecular complexity index is 361. The number of ether oxygens (including phenoxy) is 1. The molecule has 1 heterocycles. The third-order valence-electron chi connectivity index (χ3n) is 3.10. The maximum atomic E-state index is 12.0. The summed E-state index contributed by atoms with van der Waals surface area (Å²) in [6, 6.07) is -0.0283. The molecule has 0 aromatic carbocycles. The van der Waals surface area contributed by atoms with E-state index in [1.165, 1.54) is 4.31 Å². The van der Waals surface area contributed by atoms with Gasteiger partial charge in [0.15, 0.2) is 5.75 Å². The number of sulfonamides is 1. The summed E-state index contributed by atoms with van der Waals surface area (Å²) in [7, 11) is -2.02. The third-order valence-corrected chi connectivity index (χ3v) is 4.88. The lowest BCUT2D eigenvalue weighted by atomic mass is 10.1. The smallest absolute Gasteiger partial charge is 0.322 e. The van der Waals surface area contributed by atoms with Crippen molar-refractivity contribution >= 4 is 16.0 Å². The molecular weight excluding hydrogens is 256 g/mol. The molecule has 6 nitrogen and oxygen atoms in total. The number of carbonyl (C=O) groups excluding carboxylic acids is 1. The van der Waals surface area contributed by atoms with Crippen LogP contribution in [0.2, 0.25) is 0 Å². The molecule has 7 heteroatoms. The molecule has 1 atom stereocenters.